The van der Waals surface area contributed by atoms with E-state index >= 15 is 0 Å². The van der Waals surface area contributed by atoms with Gasteiger partial charge in [0.05, 0.1) is 35.6 Å². The first-order chi connectivity index (χ1) is 14.1. The number of hydrogen-bond donors (Lipinski definition) is 0. The normalized spacial score (nSPS) is 12.1. The number of nitrogens with zero attached hydrogens (tertiary/aromatic N) is 4. The summed E-state index contributed by atoms with van der Waals surface area (Å²) in [6, 6.07) is 11.9. The molecule has 0 bridgehead atoms. The second-order valence-corrected chi connectivity index (χ2v) is 8.87. The van der Waals surface area contributed by atoms with Gasteiger partial charge in [-0.25, -0.2) is 0 Å². The summed E-state index contributed by atoms with van der Waals surface area (Å²) in [5.74, 6) is -0.263. The van der Waals surface area contributed by atoms with E-state index in [9.17, 15) is 4.79 Å². The number of aromatic nitrogens is 4. The third-order valence-electron chi connectivity index (χ3n) is 5.11. The molecule has 0 aliphatic carbocycles. The minimum Gasteiger partial charge on any atom is -0.466 e. The fourth-order valence-electron chi connectivity index (χ4n) is 3.17. The summed E-state index contributed by atoms with van der Waals surface area (Å²) in [6.07, 6.45) is 3.98. The van der Waals surface area contributed by atoms with Crippen LogP contribution >= 0.6 is 0 Å². The SMILES string of the molecule is CCOC(=O)Cc1ccc(C(C)(C)c2cccc(-c3ccn(C(C)(C)C)n3)n2)cn1. The van der Waals surface area contributed by atoms with Crippen molar-refractivity contribution in [2.75, 3.05) is 6.61 Å². The predicted octanol–water partition coefficient (Wildman–Crippen LogP) is 4.53. The average molecular weight is 407 g/mol. The monoisotopic (exact) mass is 406 g/mol. The highest BCUT2D eigenvalue weighted by atomic mass is 16.5. The van der Waals surface area contributed by atoms with E-state index in [1.165, 1.54) is 0 Å². The zero-order valence-electron chi connectivity index (χ0n) is 18.6. The van der Waals surface area contributed by atoms with Gasteiger partial charge in [0.15, 0.2) is 0 Å². The van der Waals surface area contributed by atoms with Gasteiger partial charge in [0.1, 0.15) is 5.69 Å². The first-order valence-electron chi connectivity index (χ1n) is 10.3. The molecule has 6 nitrogen and oxygen atoms in total. The largest absolute Gasteiger partial charge is 0.466 e. The minimum absolute atomic E-state index is 0.0773. The van der Waals surface area contributed by atoms with E-state index in [0.717, 1.165) is 22.6 Å². The van der Waals surface area contributed by atoms with Crippen LogP contribution in [0, 0.1) is 0 Å². The van der Waals surface area contributed by atoms with E-state index in [4.69, 9.17) is 14.8 Å². The summed E-state index contributed by atoms with van der Waals surface area (Å²) < 4.78 is 6.95. The Hall–Kier alpha value is -3.02. The second-order valence-electron chi connectivity index (χ2n) is 8.87. The van der Waals surface area contributed by atoms with Gasteiger partial charge >= 0.3 is 5.97 Å². The summed E-state index contributed by atoms with van der Waals surface area (Å²) in [5, 5.41) is 4.70. The Morgan fingerprint density at radius 3 is 2.40 bits per heavy atom. The number of esters is 1. The molecule has 0 radical (unpaired) electrons. The Kier molecular flexibility index (Phi) is 6.06. The highest BCUT2D eigenvalue weighted by Crippen LogP contribution is 2.31. The Morgan fingerprint density at radius 1 is 1.03 bits per heavy atom. The third-order valence-corrected chi connectivity index (χ3v) is 5.11. The molecular weight excluding hydrogens is 376 g/mol. The Labute approximate surface area is 178 Å². The molecule has 30 heavy (non-hydrogen) atoms. The molecular formula is C24H30N4O2. The van der Waals surface area contributed by atoms with Gasteiger partial charge in [0.2, 0.25) is 0 Å². The van der Waals surface area contributed by atoms with Crippen LogP contribution in [0.4, 0.5) is 0 Å². The molecule has 0 N–H and O–H groups in total. The van der Waals surface area contributed by atoms with E-state index in [0.29, 0.717) is 12.3 Å². The molecule has 3 heterocycles. The van der Waals surface area contributed by atoms with Crippen molar-refractivity contribution in [3.8, 4) is 11.4 Å². The average Bonchev–Trinajstić information content (AvgIpc) is 3.19. The molecule has 0 aromatic carbocycles. The van der Waals surface area contributed by atoms with Gasteiger partial charge in [0, 0.05) is 17.8 Å². The van der Waals surface area contributed by atoms with Crippen molar-refractivity contribution < 1.29 is 9.53 Å². The highest BCUT2D eigenvalue weighted by Gasteiger charge is 2.26. The quantitative estimate of drug-likeness (QED) is 0.563. The van der Waals surface area contributed by atoms with Crippen LogP contribution in [0.3, 0.4) is 0 Å². The summed E-state index contributed by atoms with van der Waals surface area (Å²) in [4.78, 5) is 21.0. The topological polar surface area (TPSA) is 69.9 Å². The van der Waals surface area contributed by atoms with E-state index in [2.05, 4.69) is 39.6 Å². The lowest BCUT2D eigenvalue weighted by atomic mass is 9.82. The molecule has 0 saturated carbocycles. The van der Waals surface area contributed by atoms with Crippen molar-refractivity contribution in [2.45, 2.75) is 58.9 Å². The van der Waals surface area contributed by atoms with Crippen LogP contribution in [0.15, 0.2) is 48.8 Å². The van der Waals surface area contributed by atoms with Gasteiger partial charge in [0.25, 0.3) is 0 Å². The predicted molar refractivity (Wildman–Crippen MR) is 117 cm³/mol. The lowest BCUT2D eigenvalue weighted by molar-refractivity contribution is -0.142. The molecule has 0 fully saturated rings. The number of ether oxygens (including phenoxy) is 1. The minimum atomic E-state index is -0.349. The van der Waals surface area contributed by atoms with Crippen LogP contribution in [-0.4, -0.2) is 32.3 Å². The maximum absolute atomic E-state index is 11.7. The van der Waals surface area contributed by atoms with E-state index in [-0.39, 0.29) is 23.3 Å². The lowest BCUT2D eigenvalue weighted by Crippen LogP contribution is -2.22. The van der Waals surface area contributed by atoms with Crippen LogP contribution in [0.1, 0.15) is 58.5 Å². The molecule has 6 heteroatoms. The fourth-order valence-corrected chi connectivity index (χ4v) is 3.17. The first-order valence-corrected chi connectivity index (χ1v) is 10.3. The highest BCUT2D eigenvalue weighted by molar-refractivity contribution is 5.71. The van der Waals surface area contributed by atoms with Crippen LogP contribution in [0.5, 0.6) is 0 Å². The van der Waals surface area contributed by atoms with Gasteiger partial charge in [-0.05, 0) is 57.5 Å². The second kappa shape index (κ2) is 8.38. The van der Waals surface area contributed by atoms with Crippen LogP contribution in [0.25, 0.3) is 11.4 Å². The summed E-state index contributed by atoms with van der Waals surface area (Å²) in [6.45, 7) is 12.8. The standard InChI is InChI=1S/C24H30N4O2/c1-7-30-22(29)15-18-12-11-17(16-25-18)24(5,6)21-10-8-9-19(26-21)20-13-14-28(27-20)23(2,3)4/h8-14,16H,7,15H2,1-6H3. The molecule has 0 unspecified atom stereocenters. The summed E-state index contributed by atoms with van der Waals surface area (Å²) in [5.41, 5.74) is 3.93. The molecule has 3 rings (SSSR count). The molecule has 3 aromatic heterocycles. The maximum atomic E-state index is 11.7. The van der Waals surface area contributed by atoms with E-state index in [1.54, 1.807) is 6.92 Å². The number of rotatable bonds is 6. The maximum Gasteiger partial charge on any atom is 0.311 e. The van der Waals surface area contributed by atoms with E-state index in [1.807, 2.05) is 53.5 Å². The number of carbonyl (C=O) groups is 1. The number of pyridine rings is 2. The zero-order valence-corrected chi connectivity index (χ0v) is 18.6. The number of carbonyl (C=O) groups excluding carboxylic acids is 1. The van der Waals surface area contributed by atoms with Crippen LogP contribution in [-0.2, 0) is 26.9 Å². The Morgan fingerprint density at radius 2 is 1.80 bits per heavy atom. The van der Waals surface area contributed by atoms with Gasteiger partial charge in [-0.15, -0.1) is 0 Å². The lowest BCUT2D eigenvalue weighted by Gasteiger charge is -2.25. The third kappa shape index (κ3) is 4.75. The van der Waals surface area contributed by atoms with Crippen molar-refractivity contribution >= 4 is 5.97 Å². The van der Waals surface area contributed by atoms with Gasteiger partial charge in [-0.2, -0.15) is 5.10 Å². The van der Waals surface area contributed by atoms with Crippen molar-refractivity contribution in [1.82, 2.24) is 19.7 Å². The molecule has 0 aliphatic heterocycles. The van der Waals surface area contributed by atoms with Gasteiger partial charge in [-0.1, -0.05) is 26.0 Å². The van der Waals surface area contributed by atoms with Crippen molar-refractivity contribution in [1.29, 1.82) is 0 Å². The van der Waals surface area contributed by atoms with Crippen LogP contribution < -0.4 is 0 Å². The molecule has 0 atom stereocenters. The molecule has 0 saturated heterocycles. The number of hydrogen-bond acceptors (Lipinski definition) is 5. The van der Waals surface area contributed by atoms with Crippen molar-refractivity contribution in [3.63, 3.8) is 0 Å². The first kappa shape index (κ1) is 21.7. The van der Waals surface area contributed by atoms with Gasteiger partial charge < -0.3 is 4.74 Å². The van der Waals surface area contributed by atoms with Gasteiger partial charge in [-0.3, -0.25) is 19.4 Å². The van der Waals surface area contributed by atoms with E-state index < -0.39 is 0 Å². The Balaban J connectivity index is 1.85. The van der Waals surface area contributed by atoms with Crippen LogP contribution in [0.2, 0.25) is 0 Å². The fraction of sp³-hybridized carbons (Fsp3) is 0.417. The summed E-state index contributed by atoms with van der Waals surface area (Å²) in [7, 11) is 0. The van der Waals surface area contributed by atoms with Crippen molar-refractivity contribution in [2.24, 2.45) is 0 Å². The molecule has 0 aliphatic rings. The Bertz CT molecular complexity index is 1010. The molecule has 0 spiro atoms. The zero-order chi connectivity index (χ0) is 21.9. The molecule has 158 valence electrons. The van der Waals surface area contributed by atoms with Crippen molar-refractivity contribution in [3.05, 3.63) is 65.7 Å². The molecule has 0 amide bonds. The summed E-state index contributed by atoms with van der Waals surface area (Å²) >= 11 is 0. The molecule has 3 aromatic rings. The smallest absolute Gasteiger partial charge is 0.311 e.